The van der Waals surface area contributed by atoms with E-state index in [-0.39, 0.29) is 23.7 Å². The average Bonchev–Trinajstić information content (AvgIpc) is 2.83. The Morgan fingerprint density at radius 2 is 2.41 bits per heavy atom. The molecule has 2 unspecified atom stereocenters. The molecule has 0 radical (unpaired) electrons. The predicted molar refractivity (Wildman–Crippen MR) is 60.6 cm³/mol. The number of aromatic nitrogens is 1. The number of nitrogens with zero attached hydrogens (tertiary/aromatic N) is 2. The summed E-state index contributed by atoms with van der Waals surface area (Å²) in [5, 5.41) is 13.4. The minimum absolute atomic E-state index is 0.00163. The number of hydrogen-bond acceptors (Lipinski definition) is 4. The molecule has 0 bridgehead atoms. The van der Waals surface area contributed by atoms with Crippen LogP contribution >= 0.6 is 0 Å². The standard InChI is InChI=1S/C10H14N4O3/c1-2-13-5-6(14(16)17)3-9(13)10(15)12-8-4-7(8)11/h3,5,7-8H,2,4,11H2,1H3,(H,12,15). The molecule has 1 amide bonds. The summed E-state index contributed by atoms with van der Waals surface area (Å²) in [6, 6.07) is 1.30. The van der Waals surface area contributed by atoms with Gasteiger partial charge in [0.05, 0.1) is 11.1 Å². The first kappa shape index (κ1) is 11.6. The second-order valence-corrected chi connectivity index (χ2v) is 4.11. The van der Waals surface area contributed by atoms with Crippen molar-refractivity contribution < 1.29 is 9.72 Å². The summed E-state index contributed by atoms with van der Waals surface area (Å²) in [7, 11) is 0. The lowest BCUT2D eigenvalue weighted by Crippen LogP contribution is -2.31. The lowest BCUT2D eigenvalue weighted by atomic mass is 10.3. The smallest absolute Gasteiger partial charge is 0.287 e. The van der Waals surface area contributed by atoms with Crippen molar-refractivity contribution in [2.75, 3.05) is 0 Å². The first-order valence-electron chi connectivity index (χ1n) is 5.44. The first-order valence-corrected chi connectivity index (χ1v) is 5.44. The molecule has 1 aliphatic carbocycles. The molecule has 1 heterocycles. The zero-order chi connectivity index (χ0) is 12.6. The van der Waals surface area contributed by atoms with E-state index >= 15 is 0 Å². The Morgan fingerprint density at radius 1 is 1.76 bits per heavy atom. The van der Waals surface area contributed by atoms with Crippen LogP contribution in [0.25, 0.3) is 0 Å². The van der Waals surface area contributed by atoms with Gasteiger partial charge in [-0.1, -0.05) is 0 Å². The number of carbonyl (C=O) groups is 1. The Morgan fingerprint density at radius 3 is 2.88 bits per heavy atom. The highest BCUT2D eigenvalue weighted by molar-refractivity contribution is 5.94. The third-order valence-electron chi connectivity index (χ3n) is 2.82. The number of amides is 1. The number of hydrogen-bond donors (Lipinski definition) is 2. The molecule has 2 rings (SSSR count). The van der Waals surface area contributed by atoms with Crippen LogP contribution < -0.4 is 11.1 Å². The van der Waals surface area contributed by atoms with Crippen molar-refractivity contribution in [3.05, 3.63) is 28.1 Å². The molecule has 3 N–H and O–H groups in total. The van der Waals surface area contributed by atoms with Crippen LogP contribution in [0.2, 0.25) is 0 Å². The Bertz CT molecular complexity index is 468. The van der Waals surface area contributed by atoms with Gasteiger partial charge in [-0.15, -0.1) is 0 Å². The molecule has 1 aromatic heterocycles. The molecule has 0 spiro atoms. The molecule has 1 aliphatic rings. The SMILES string of the molecule is CCn1cc([N+](=O)[O-])cc1C(=O)NC1CC1N. The minimum Gasteiger partial charge on any atom is -0.346 e. The molecule has 1 aromatic rings. The Kier molecular flexibility index (Phi) is 2.84. The zero-order valence-electron chi connectivity index (χ0n) is 9.42. The Labute approximate surface area is 97.7 Å². The van der Waals surface area contributed by atoms with Gasteiger partial charge in [0, 0.05) is 24.7 Å². The number of nitrogens with two attached hydrogens (primary N) is 1. The molecular formula is C10H14N4O3. The van der Waals surface area contributed by atoms with E-state index in [1.807, 2.05) is 6.92 Å². The van der Waals surface area contributed by atoms with Gasteiger partial charge in [-0.3, -0.25) is 14.9 Å². The minimum atomic E-state index is -0.508. The molecular weight excluding hydrogens is 224 g/mol. The lowest BCUT2D eigenvalue weighted by Gasteiger charge is -2.05. The highest BCUT2D eigenvalue weighted by atomic mass is 16.6. The summed E-state index contributed by atoms with van der Waals surface area (Å²) in [5.41, 5.74) is 5.82. The van der Waals surface area contributed by atoms with Gasteiger partial charge in [0.2, 0.25) is 0 Å². The van der Waals surface area contributed by atoms with E-state index in [0.717, 1.165) is 6.42 Å². The number of aryl methyl sites for hydroxylation is 1. The van der Waals surface area contributed by atoms with E-state index in [4.69, 9.17) is 5.73 Å². The van der Waals surface area contributed by atoms with Crippen LogP contribution in [0.1, 0.15) is 23.8 Å². The van der Waals surface area contributed by atoms with Crippen molar-refractivity contribution in [1.29, 1.82) is 0 Å². The lowest BCUT2D eigenvalue weighted by molar-refractivity contribution is -0.384. The van der Waals surface area contributed by atoms with Crippen LogP contribution in [0.4, 0.5) is 5.69 Å². The first-order chi connectivity index (χ1) is 8.02. The van der Waals surface area contributed by atoms with Crippen LogP contribution in [0.5, 0.6) is 0 Å². The average molecular weight is 238 g/mol. The second kappa shape index (κ2) is 4.17. The van der Waals surface area contributed by atoms with E-state index in [1.165, 1.54) is 12.3 Å². The van der Waals surface area contributed by atoms with Gasteiger partial charge in [-0.05, 0) is 13.3 Å². The fourth-order valence-electron chi connectivity index (χ4n) is 1.67. The molecule has 1 saturated carbocycles. The van der Waals surface area contributed by atoms with Gasteiger partial charge in [-0.25, -0.2) is 0 Å². The van der Waals surface area contributed by atoms with Crippen molar-refractivity contribution in [3.8, 4) is 0 Å². The van der Waals surface area contributed by atoms with Crippen molar-refractivity contribution >= 4 is 11.6 Å². The monoisotopic (exact) mass is 238 g/mol. The maximum Gasteiger partial charge on any atom is 0.287 e. The quantitative estimate of drug-likeness (QED) is 0.579. The second-order valence-electron chi connectivity index (χ2n) is 4.11. The summed E-state index contributed by atoms with van der Waals surface area (Å²) < 4.78 is 1.56. The molecule has 7 heteroatoms. The van der Waals surface area contributed by atoms with E-state index < -0.39 is 4.92 Å². The third kappa shape index (κ3) is 2.28. The van der Waals surface area contributed by atoms with Crippen LogP contribution in [-0.2, 0) is 6.54 Å². The van der Waals surface area contributed by atoms with Gasteiger partial charge in [0.25, 0.3) is 11.6 Å². The largest absolute Gasteiger partial charge is 0.346 e. The Balaban J connectivity index is 2.18. The summed E-state index contributed by atoms with van der Waals surface area (Å²) in [6.45, 7) is 2.33. The molecule has 0 saturated heterocycles. The van der Waals surface area contributed by atoms with Crippen LogP contribution in [0, 0.1) is 10.1 Å². The number of rotatable bonds is 4. The third-order valence-corrected chi connectivity index (χ3v) is 2.82. The van der Waals surface area contributed by atoms with Crippen LogP contribution in [0.3, 0.4) is 0 Å². The summed E-state index contributed by atoms with van der Waals surface area (Å²) in [6.07, 6.45) is 2.13. The number of nitro groups is 1. The molecule has 7 nitrogen and oxygen atoms in total. The van der Waals surface area contributed by atoms with Gasteiger partial charge in [-0.2, -0.15) is 0 Å². The highest BCUT2D eigenvalue weighted by Gasteiger charge is 2.35. The van der Waals surface area contributed by atoms with Crippen molar-refractivity contribution in [3.63, 3.8) is 0 Å². The van der Waals surface area contributed by atoms with Gasteiger partial charge < -0.3 is 15.6 Å². The fraction of sp³-hybridized carbons (Fsp3) is 0.500. The molecule has 1 fully saturated rings. The van der Waals surface area contributed by atoms with Crippen molar-refractivity contribution in [1.82, 2.24) is 9.88 Å². The molecule has 0 aliphatic heterocycles. The summed E-state index contributed by atoms with van der Waals surface area (Å²) in [5.74, 6) is -0.307. The molecule has 2 atom stereocenters. The molecule has 0 aromatic carbocycles. The van der Waals surface area contributed by atoms with E-state index in [0.29, 0.717) is 12.2 Å². The van der Waals surface area contributed by atoms with Crippen molar-refractivity contribution in [2.24, 2.45) is 5.73 Å². The van der Waals surface area contributed by atoms with Gasteiger partial charge >= 0.3 is 0 Å². The highest BCUT2D eigenvalue weighted by Crippen LogP contribution is 2.20. The zero-order valence-corrected chi connectivity index (χ0v) is 9.42. The summed E-state index contributed by atoms with van der Waals surface area (Å²) >= 11 is 0. The normalized spacial score (nSPS) is 22.2. The van der Waals surface area contributed by atoms with E-state index in [2.05, 4.69) is 5.32 Å². The molecule has 17 heavy (non-hydrogen) atoms. The number of nitrogens with one attached hydrogen (secondary N) is 1. The Hall–Kier alpha value is -1.89. The predicted octanol–water partition coefficient (Wildman–Crippen LogP) is 0.246. The van der Waals surface area contributed by atoms with Crippen LogP contribution in [0.15, 0.2) is 12.3 Å². The maximum absolute atomic E-state index is 11.8. The van der Waals surface area contributed by atoms with E-state index in [1.54, 1.807) is 4.57 Å². The summed E-state index contributed by atoms with van der Waals surface area (Å²) in [4.78, 5) is 22.0. The van der Waals surface area contributed by atoms with Crippen LogP contribution in [-0.4, -0.2) is 27.5 Å². The fourth-order valence-corrected chi connectivity index (χ4v) is 1.67. The maximum atomic E-state index is 11.8. The van der Waals surface area contributed by atoms with Gasteiger partial charge in [0.1, 0.15) is 5.69 Å². The number of carbonyl (C=O) groups excluding carboxylic acids is 1. The van der Waals surface area contributed by atoms with Gasteiger partial charge in [0.15, 0.2) is 0 Å². The van der Waals surface area contributed by atoms with E-state index in [9.17, 15) is 14.9 Å². The topological polar surface area (TPSA) is 103 Å². The molecule has 92 valence electrons. The van der Waals surface area contributed by atoms with Crippen molar-refractivity contribution in [2.45, 2.75) is 32.0 Å².